The number of nitrogens with one attached hydrogen (secondary N) is 1. The van der Waals surface area contributed by atoms with Gasteiger partial charge in [-0.1, -0.05) is 54.6 Å². The number of aliphatic imine (C=N–C) groups is 1. The maximum atomic E-state index is 4.42. The summed E-state index contributed by atoms with van der Waals surface area (Å²) in [7, 11) is 0. The van der Waals surface area contributed by atoms with Gasteiger partial charge in [-0.3, -0.25) is 4.99 Å². The van der Waals surface area contributed by atoms with Crippen LogP contribution in [0.3, 0.4) is 0 Å². The molecule has 1 heterocycles. The highest BCUT2D eigenvalue weighted by atomic mass is 15.1. The van der Waals surface area contributed by atoms with Crippen molar-refractivity contribution in [2.75, 3.05) is 13.1 Å². The molecule has 2 aromatic carbocycles. The van der Waals surface area contributed by atoms with Gasteiger partial charge < -0.3 is 5.32 Å². The predicted molar refractivity (Wildman–Crippen MR) is 75.9 cm³/mol. The summed E-state index contributed by atoms with van der Waals surface area (Å²) in [6.45, 7) is 1.90. The first-order valence-corrected chi connectivity index (χ1v) is 6.33. The SMILES string of the molecule is c1ccc(-c2ccc(CC3=NCCN3)cc2)cc1. The standard InChI is InChI=1S/C16H16N2/c1-2-4-14(5-3-1)15-8-6-13(7-9-15)12-16-17-10-11-18-16/h1-9H,10-12H2,(H,17,18). The first kappa shape index (κ1) is 11.0. The molecule has 0 aromatic heterocycles. The number of nitrogens with zero attached hydrogens (tertiary/aromatic N) is 1. The molecular weight excluding hydrogens is 220 g/mol. The van der Waals surface area contributed by atoms with Gasteiger partial charge in [0, 0.05) is 13.0 Å². The van der Waals surface area contributed by atoms with Gasteiger partial charge in [0.1, 0.15) is 5.84 Å². The third kappa shape index (κ3) is 2.43. The van der Waals surface area contributed by atoms with Crippen LogP contribution >= 0.6 is 0 Å². The van der Waals surface area contributed by atoms with Crippen LogP contribution < -0.4 is 5.32 Å². The van der Waals surface area contributed by atoms with Gasteiger partial charge in [-0.15, -0.1) is 0 Å². The second-order valence-electron chi connectivity index (χ2n) is 4.49. The zero-order valence-corrected chi connectivity index (χ0v) is 10.3. The predicted octanol–water partition coefficient (Wildman–Crippen LogP) is 2.90. The molecule has 2 nitrogen and oxygen atoms in total. The summed E-state index contributed by atoms with van der Waals surface area (Å²) in [5.41, 5.74) is 3.84. The molecule has 0 spiro atoms. The summed E-state index contributed by atoms with van der Waals surface area (Å²) >= 11 is 0. The van der Waals surface area contributed by atoms with Gasteiger partial charge in [0.05, 0.1) is 6.54 Å². The lowest BCUT2D eigenvalue weighted by molar-refractivity contribution is 0.953. The van der Waals surface area contributed by atoms with E-state index in [0.29, 0.717) is 0 Å². The molecule has 0 saturated carbocycles. The number of hydrogen-bond acceptors (Lipinski definition) is 2. The molecule has 2 aromatic rings. The third-order valence-corrected chi connectivity index (χ3v) is 3.18. The van der Waals surface area contributed by atoms with Crippen LogP contribution in [-0.4, -0.2) is 18.9 Å². The van der Waals surface area contributed by atoms with E-state index >= 15 is 0 Å². The van der Waals surface area contributed by atoms with Crippen molar-refractivity contribution < 1.29 is 0 Å². The van der Waals surface area contributed by atoms with E-state index < -0.39 is 0 Å². The van der Waals surface area contributed by atoms with Gasteiger partial charge >= 0.3 is 0 Å². The maximum Gasteiger partial charge on any atom is 0.101 e. The van der Waals surface area contributed by atoms with Gasteiger partial charge in [-0.05, 0) is 16.7 Å². The lowest BCUT2D eigenvalue weighted by atomic mass is 10.0. The Balaban J connectivity index is 1.77. The molecule has 2 heteroatoms. The van der Waals surface area contributed by atoms with Crippen LogP contribution in [0.15, 0.2) is 59.6 Å². The minimum Gasteiger partial charge on any atom is -0.372 e. The lowest BCUT2D eigenvalue weighted by Gasteiger charge is -2.05. The molecule has 1 N–H and O–H groups in total. The zero-order valence-electron chi connectivity index (χ0n) is 10.3. The van der Waals surface area contributed by atoms with E-state index in [0.717, 1.165) is 25.3 Å². The normalized spacial score (nSPS) is 14.1. The fourth-order valence-corrected chi connectivity index (χ4v) is 2.20. The topological polar surface area (TPSA) is 24.4 Å². The Bertz CT molecular complexity index is 541. The summed E-state index contributed by atoms with van der Waals surface area (Å²) in [5.74, 6) is 1.11. The Labute approximate surface area is 107 Å². The van der Waals surface area contributed by atoms with Gasteiger partial charge in [0.15, 0.2) is 0 Å². The van der Waals surface area contributed by atoms with Crippen LogP contribution in [0.2, 0.25) is 0 Å². The number of benzene rings is 2. The van der Waals surface area contributed by atoms with Crippen molar-refractivity contribution in [1.29, 1.82) is 0 Å². The van der Waals surface area contributed by atoms with Gasteiger partial charge in [0.2, 0.25) is 0 Å². The maximum absolute atomic E-state index is 4.42. The van der Waals surface area contributed by atoms with Gasteiger partial charge in [-0.25, -0.2) is 0 Å². The molecule has 0 bridgehead atoms. The van der Waals surface area contributed by atoms with Crippen LogP contribution in [0.4, 0.5) is 0 Å². The second kappa shape index (κ2) is 5.05. The quantitative estimate of drug-likeness (QED) is 0.870. The van der Waals surface area contributed by atoms with Crippen molar-refractivity contribution in [2.45, 2.75) is 6.42 Å². The Morgan fingerprint density at radius 1 is 0.889 bits per heavy atom. The van der Waals surface area contributed by atoms with Gasteiger partial charge in [-0.2, -0.15) is 0 Å². The molecule has 0 unspecified atom stereocenters. The smallest absolute Gasteiger partial charge is 0.101 e. The second-order valence-corrected chi connectivity index (χ2v) is 4.49. The van der Waals surface area contributed by atoms with E-state index in [-0.39, 0.29) is 0 Å². The van der Waals surface area contributed by atoms with Crippen molar-refractivity contribution in [2.24, 2.45) is 4.99 Å². The molecule has 1 aliphatic rings. The van der Waals surface area contributed by atoms with Crippen LogP contribution in [0.1, 0.15) is 5.56 Å². The van der Waals surface area contributed by atoms with Crippen LogP contribution in [0.25, 0.3) is 11.1 Å². The van der Waals surface area contributed by atoms with E-state index in [4.69, 9.17) is 0 Å². The molecule has 0 aliphatic carbocycles. The van der Waals surface area contributed by atoms with E-state index in [9.17, 15) is 0 Å². The van der Waals surface area contributed by atoms with Crippen molar-refractivity contribution in [3.63, 3.8) is 0 Å². The average molecular weight is 236 g/mol. The minimum absolute atomic E-state index is 0.912. The highest BCUT2D eigenvalue weighted by Gasteiger charge is 2.05. The molecular formula is C16H16N2. The lowest BCUT2D eigenvalue weighted by Crippen LogP contribution is -2.20. The van der Waals surface area contributed by atoms with E-state index in [1.807, 2.05) is 6.07 Å². The fraction of sp³-hybridized carbons (Fsp3) is 0.188. The van der Waals surface area contributed by atoms with E-state index in [1.165, 1.54) is 16.7 Å². The number of rotatable bonds is 3. The van der Waals surface area contributed by atoms with Crippen molar-refractivity contribution in [3.8, 4) is 11.1 Å². The van der Waals surface area contributed by atoms with Crippen molar-refractivity contribution >= 4 is 5.84 Å². The third-order valence-electron chi connectivity index (χ3n) is 3.18. The Morgan fingerprint density at radius 2 is 1.61 bits per heavy atom. The van der Waals surface area contributed by atoms with E-state index in [2.05, 4.69) is 58.8 Å². The largest absolute Gasteiger partial charge is 0.372 e. The average Bonchev–Trinajstić information content (AvgIpc) is 2.94. The number of amidine groups is 1. The molecule has 0 saturated heterocycles. The molecule has 0 radical (unpaired) electrons. The monoisotopic (exact) mass is 236 g/mol. The molecule has 0 atom stereocenters. The van der Waals surface area contributed by atoms with Crippen LogP contribution in [0, 0.1) is 0 Å². The highest BCUT2D eigenvalue weighted by Crippen LogP contribution is 2.19. The van der Waals surface area contributed by atoms with Crippen molar-refractivity contribution in [3.05, 3.63) is 60.2 Å². The van der Waals surface area contributed by atoms with Crippen molar-refractivity contribution in [1.82, 2.24) is 5.32 Å². The molecule has 0 amide bonds. The summed E-state index contributed by atoms with van der Waals surface area (Å²) in [6.07, 6.45) is 0.912. The molecule has 90 valence electrons. The van der Waals surface area contributed by atoms with Crippen LogP contribution in [-0.2, 0) is 6.42 Å². The molecule has 3 rings (SSSR count). The first-order chi connectivity index (χ1) is 8.92. The zero-order chi connectivity index (χ0) is 12.2. The minimum atomic E-state index is 0.912. The molecule has 18 heavy (non-hydrogen) atoms. The summed E-state index contributed by atoms with van der Waals surface area (Å²) in [6, 6.07) is 19.2. The Morgan fingerprint density at radius 3 is 2.28 bits per heavy atom. The summed E-state index contributed by atoms with van der Waals surface area (Å²) < 4.78 is 0. The molecule has 0 fully saturated rings. The summed E-state index contributed by atoms with van der Waals surface area (Å²) in [5, 5.41) is 3.30. The molecule has 1 aliphatic heterocycles. The van der Waals surface area contributed by atoms with E-state index in [1.54, 1.807) is 0 Å². The van der Waals surface area contributed by atoms with Gasteiger partial charge in [0.25, 0.3) is 0 Å². The first-order valence-electron chi connectivity index (χ1n) is 6.33. The highest BCUT2D eigenvalue weighted by molar-refractivity contribution is 5.85. The number of hydrogen-bond donors (Lipinski definition) is 1. The summed E-state index contributed by atoms with van der Waals surface area (Å²) in [4.78, 5) is 4.42. The Hall–Kier alpha value is -2.09. The fourth-order valence-electron chi connectivity index (χ4n) is 2.20. The Kier molecular flexibility index (Phi) is 3.09. The van der Waals surface area contributed by atoms with Crippen LogP contribution in [0.5, 0.6) is 0 Å².